The van der Waals surface area contributed by atoms with Crippen LogP contribution in [-0.2, 0) is 16.2 Å². The van der Waals surface area contributed by atoms with Gasteiger partial charge in [0.2, 0.25) is 6.41 Å². The summed E-state index contributed by atoms with van der Waals surface area (Å²) in [4.78, 5) is 16.1. The van der Waals surface area contributed by atoms with E-state index in [1.54, 1.807) is 12.3 Å². The Bertz CT molecular complexity index is 627. The van der Waals surface area contributed by atoms with E-state index in [0.29, 0.717) is 18.7 Å². The van der Waals surface area contributed by atoms with Crippen LogP contribution in [0.25, 0.3) is 0 Å². The van der Waals surface area contributed by atoms with Crippen molar-refractivity contribution in [3.05, 3.63) is 65.2 Å². The predicted molar refractivity (Wildman–Crippen MR) is 82.7 cm³/mol. The molecular formula is C16H17N3O2. The number of amides is 1. The molecule has 5 heteroatoms. The van der Waals surface area contributed by atoms with Crippen LogP contribution in [0, 0.1) is 6.92 Å². The molecule has 108 valence electrons. The maximum Gasteiger partial charge on any atom is 0.228 e. The van der Waals surface area contributed by atoms with E-state index in [1.165, 1.54) is 0 Å². The Balaban J connectivity index is 2.08. The Kier molecular flexibility index (Phi) is 5.06. The third-order valence-corrected chi connectivity index (χ3v) is 3.02. The number of nitrogens with zero attached hydrogens (tertiary/aromatic N) is 2. The molecule has 0 unspecified atom stereocenters. The minimum atomic E-state index is 0.387. The Hall–Kier alpha value is -2.66. The molecule has 0 saturated heterocycles. The zero-order valence-electron chi connectivity index (χ0n) is 11.8. The van der Waals surface area contributed by atoms with Gasteiger partial charge in [-0.1, -0.05) is 47.6 Å². The van der Waals surface area contributed by atoms with Crippen molar-refractivity contribution in [3.63, 3.8) is 0 Å². The topological polar surface area (TPSA) is 67.9 Å². The molecule has 0 aromatic heterocycles. The van der Waals surface area contributed by atoms with Crippen LogP contribution in [0.4, 0.5) is 5.69 Å². The SMILES string of the molecule is Cc1cccc(N(N)C=O)c1/C=N\OCc1ccccc1. The number of rotatable bonds is 6. The lowest BCUT2D eigenvalue weighted by Gasteiger charge is -2.14. The minimum Gasteiger partial charge on any atom is -0.391 e. The second kappa shape index (κ2) is 7.21. The predicted octanol–water partition coefficient (Wildman–Crippen LogP) is 2.38. The molecule has 0 aliphatic carbocycles. The maximum absolute atomic E-state index is 10.8. The van der Waals surface area contributed by atoms with Crippen molar-refractivity contribution in [1.29, 1.82) is 0 Å². The first-order valence-corrected chi connectivity index (χ1v) is 6.50. The highest BCUT2D eigenvalue weighted by Crippen LogP contribution is 2.19. The Labute approximate surface area is 123 Å². The van der Waals surface area contributed by atoms with E-state index in [0.717, 1.165) is 21.7 Å². The van der Waals surface area contributed by atoms with Crippen LogP contribution in [0.2, 0.25) is 0 Å². The van der Waals surface area contributed by atoms with Crippen molar-refractivity contribution < 1.29 is 9.63 Å². The monoisotopic (exact) mass is 283 g/mol. The number of oxime groups is 1. The summed E-state index contributed by atoms with van der Waals surface area (Å²) in [6.07, 6.45) is 2.12. The van der Waals surface area contributed by atoms with Gasteiger partial charge in [0.15, 0.2) is 0 Å². The zero-order chi connectivity index (χ0) is 15.1. The number of benzene rings is 2. The molecule has 0 spiro atoms. The van der Waals surface area contributed by atoms with Crippen LogP contribution in [0.5, 0.6) is 0 Å². The third-order valence-electron chi connectivity index (χ3n) is 3.02. The molecule has 0 radical (unpaired) electrons. The lowest BCUT2D eigenvalue weighted by molar-refractivity contribution is -0.107. The average molecular weight is 283 g/mol. The fraction of sp³-hybridized carbons (Fsp3) is 0.125. The highest BCUT2D eigenvalue weighted by molar-refractivity contribution is 5.93. The Morgan fingerprint density at radius 3 is 2.67 bits per heavy atom. The standard InChI is InChI=1S/C16H17N3O2/c1-13-6-5-9-16(19(17)12-20)15(13)10-18-21-11-14-7-3-2-4-8-14/h2-10,12H,11,17H2,1H3/b18-10-. The molecule has 0 atom stereocenters. The van der Waals surface area contributed by atoms with Gasteiger partial charge in [0.1, 0.15) is 6.61 Å². The molecule has 2 N–H and O–H groups in total. The fourth-order valence-electron chi connectivity index (χ4n) is 1.89. The molecule has 0 saturated carbocycles. The molecule has 0 aliphatic rings. The molecule has 0 fully saturated rings. The molecule has 0 heterocycles. The first-order valence-electron chi connectivity index (χ1n) is 6.50. The van der Waals surface area contributed by atoms with E-state index in [4.69, 9.17) is 10.7 Å². The van der Waals surface area contributed by atoms with Crippen molar-refractivity contribution in [2.24, 2.45) is 11.0 Å². The number of hydrogen-bond donors (Lipinski definition) is 1. The van der Waals surface area contributed by atoms with Crippen LogP contribution >= 0.6 is 0 Å². The van der Waals surface area contributed by atoms with Crippen LogP contribution < -0.4 is 10.9 Å². The minimum absolute atomic E-state index is 0.387. The molecule has 2 aromatic rings. The van der Waals surface area contributed by atoms with Gasteiger partial charge in [0, 0.05) is 5.56 Å². The van der Waals surface area contributed by atoms with Crippen molar-refractivity contribution in [1.82, 2.24) is 0 Å². The van der Waals surface area contributed by atoms with Gasteiger partial charge in [0.25, 0.3) is 0 Å². The molecule has 1 amide bonds. The average Bonchev–Trinajstić information content (AvgIpc) is 2.53. The number of carbonyl (C=O) groups excluding carboxylic acids is 1. The van der Waals surface area contributed by atoms with Gasteiger partial charge in [-0.25, -0.2) is 5.84 Å². The second-order valence-electron chi connectivity index (χ2n) is 4.51. The molecule has 0 bridgehead atoms. The van der Waals surface area contributed by atoms with Crippen LogP contribution in [0.15, 0.2) is 53.7 Å². The molecular weight excluding hydrogens is 266 g/mol. The largest absolute Gasteiger partial charge is 0.391 e. The van der Waals surface area contributed by atoms with Crippen molar-refractivity contribution in [3.8, 4) is 0 Å². The first-order chi connectivity index (χ1) is 10.2. The van der Waals surface area contributed by atoms with Crippen molar-refractivity contribution in [2.45, 2.75) is 13.5 Å². The van der Waals surface area contributed by atoms with Crippen LogP contribution in [-0.4, -0.2) is 12.6 Å². The molecule has 0 aliphatic heterocycles. The molecule has 2 aromatic carbocycles. The lowest BCUT2D eigenvalue weighted by Crippen LogP contribution is -2.30. The number of carbonyl (C=O) groups is 1. The smallest absolute Gasteiger partial charge is 0.228 e. The van der Waals surface area contributed by atoms with E-state index in [9.17, 15) is 4.79 Å². The summed E-state index contributed by atoms with van der Waals surface area (Å²) in [5.41, 5.74) is 3.32. The lowest BCUT2D eigenvalue weighted by atomic mass is 10.1. The van der Waals surface area contributed by atoms with Crippen LogP contribution in [0.1, 0.15) is 16.7 Å². The number of aryl methyl sites for hydroxylation is 1. The number of anilines is 1. The quantitative estimate of drug-likeness (QED) is 0.291. The Morgan fingerprint density at radius 2 is 1.95 bits per heavy atom. The fourth-order valence-corrected chi connectivity index (χ4v) is 1.89. The van der Waals surface area contributed by atoms with Gasteiger partial charge in [-0.15, -0.1) is 0 Å². The van der Waals surface area contributed by atoms with Crippen molar-refractivity contribution >= 4 is 18.3 Å². The summed E-state index contributed by atoms with van der Waals surface area (Å²) in [5, 5.41) is 4.97. The Morgan fingerprint density at radius 1 is 1.19 bits per heavy atom. The highest BCUT2D eigenvalue weighted by Gasteiger charge is 2.07. The van der Waals surface area contributed by atoms with Crippen LogP contribution in [0.3, 0.4) is 0 Å². The molecule has 2 rings (SSSR count). The summed E-state index contributed by atoms with van der Waals surface area (Å²) in [6, 6.07) is 15.3. The summed E-state index contributed by atoms with van der Waals surface area (Å²) >= 11 is 0. The number of hydrogen-bond acceptors (Lipinski definition) is 4. The summed E-state index contributed by atoms with van der Waals surface area (Å²) in [6.45, 7) is 2.30. The first kappa shape index (κ1) is 14.7. The van der Waals surface area contributed by atoms with E-state index < -0.39 is 0 Å². The van der Waals surface area contributed by atoms with Gasteiger partial charge in [-0.05, 0) is 24.1 Å². The van der Waals surface area contributed by atoms with Crippen molar-refractivity contribution in [2.75, 3.05) is 5.01 Å². The molecule has 21 heavy (non-hydrogen) atoms. The summed E-state index contributed by atoms with van der Waals surface area (Å²) in [7, 11) is 0. The van der Waals surface area contributed by atoms with E-state index in [1.807, 2.05) is 49.4 Å². The van der Waals surface area contributed by atoms with Gasteiger partial charge < -0.3 is 4.84 Å². The van der Waals surface area contributed by atoms with Gasteiger partial charge in [-0.2, -0.15) is 0 Å². The summed E-state index contributed by atoms with van der Waals surface area (Å²) in [5.74, 6) is 5.62. The summed E-state index contributed by atoms with van der Waals surface area (Å²) < 4.78 is 0. The highest BCUT2D eigenvalue weighted by atomic mass is 16.6. The van der Waals surface area contributed by atoms with E-state index >= 15 is 0 Å². The van der Waals surface area contributed by atoms with Gasteiger partial charge in [0.05, 0.1) is 11.9 Å². The molecule has 5 nitrogen and oxygen atoms in total. The van der Waals surface area contributed by atoms with E-state index in [-0.39, 0.29) is 0 Å². The third kappa shape index (κ3) is 3.90. The second-order valence-corrected chi connectivity index (χ2v) is 4.51. The van der Waals surface area contributed by atoms with Gasteiger partial charge in [-0.3, -0.25) is 9.80 Å². The number of hydrazine groups is 1. The maximum atomic E-state index is 10.8. The normalized spacial score (nSPS) is 10.6. The zero-order valence-corrected chi connectivity index (χ0v) is 11.8. The van der Waals surface area contributed by atoms with E-state index in [2.05, 4.69) is 5.16 Å². The number of nitrogens with two attached hydrogens (primary N) is 1. The van der Waals surface area contributed by atoms with Gasteiger partial charge >= 0.3 is 0 Å².